The number of amides is 4. The molecule has 0 radical (unpaired) electrons. The van der Waals surface area contributed by atoms with Crippen molar-refractivity contribution in [2.24, 2.45) is 0 Å². The standard InChI is InChI=1S/C16H24N4O3S/c1-4-17-16(23)18-14(21)12(3)19-7-9-20(10-8-19)15(22)13-6-5-11(2)24-13/h5-6,12H,4,7-10H2,1-3H3,(H2,17,18,21,23)/t12-/m1/s1. The number of nitrogens with zero attached hydrogens (tertiary/aromatic N) is 2. The summed E-state index contributed by atoms with van der Waals surface area (Å²) in [6.07, 6.45) is 0. The molecule has 1 aromatic heterocycles. The maximum atomic E-state index is 12.4. The zero-order valence-electron chi connectivity index (χ0n) is 14.3. The number of imide groups is 1. The largest absolute Gasteiger partial charge is 0.338 e. The van der Waals surface area contributed by atoms with Crippen molar-refractivity contribution in [1.82, 2.24) is 20.4 Å². The normalized spacial score (nSPS) is 16.5. The molecule has 132 valence electrons. The Balaban J connectivity index is 1.84. The molecule has 1 fully saturated rings. The molecular formula is C16H24N4O3S. The highest BCUT2D eigenvalue weighted by atomic mass is 32.1. The fourth-order valence-electron chi connectivity index (χ4n) is 2.60. The van der Waals surface area contributed by atoms with E-state index in [-0.39, 0.29) is 11.8 Å². The van der Waals surface area contributed by atoms with Crippen molar-refractivity contribution in [2.45, 2.75) is 26.8 Å². The summed E-state index contributed by atoms with van der Waals surface area (Å²) in [4.78, 5) is 41.6. The molecule has 1 aliphatic heterocycles. The molecule has 7 nitrogen and oxygen atoms in total. The number of rotatable bonds is 4. The molecule has 2 N–H and O–H groups in total. The average molecular weight is 352 g/mol. The Hall–Kier alpha value is -1.93. The Labute approximate surface area is 146 Å². The van der Waals surface area contributed by atoms with E-state index in [9.17, 15) is 14.4 Å². The van der Waals surface area contributed by atoms with Crippen LogP contribution in [0.4, 0.5) is 4.79 Å². The lowest BCUT2D eigenvalue weighted by atomic mass is 10.2. The summed E-state index contributed by atoms with van der Waals surface area (Å²) in [5, 5.41) is 4.87. The molecule has 1 atom stereocenters. The monoisotopic (exact) mass is 352 g/mol. The predicted molar refractivity (Wildman–Crippen MR) is 93.2 cm³/mol. The van der Waals surface area contributed by atoms with Gasteiger partial charge in [0.1, 0.15) is 0 Å². The third kappa shape index (κ3) is 4.55. The molecule has 2 rings (SSSR count). The SMILES string of the molecule is CCNC(=O)NC(=O)[C@@H](C)N1CCN(C(=O)c2ccc(C)s2)CC1. The van der Waals surface area contributed by atoms with Gasteiger partial charge in [-0.15, -0.1) is 11.3 Å². The van der Waals surface area contributed by atoms with Crippen LogP contribution in [0.2, 0.25) is 0 Å². The third-order valence-electron chi connectivity index (χ3n) is 4.05. The van der Waals surface area contributed by atoms with E-state index in [1.165, 1.54) is 11.3 Å². The lowest BCUT2D eigenvalue weighted by molar-refractivity contribution is -0.125. The Kier molecular flexibility index (Phi) is 6.33. The van der Waals surface area contributed by atoms with Crippen LogP contribution in [0.5, 0.6) is 0 Å². The van der Waals surface area contributed by atoms with Crippen LogP contribution >= 0.6 is 11.3 Å². The summed E-state index contributed by atoms with van der Waals surface area (Å²) in [5.41, 5.74) is 0. The molecule has 24 heavy (non-hydrogen) atoms. The molecular weight excluding hydrogens is 328 g/mol. The number of hydrogen-bond donors (Lipinski definition) is 2. The summed E-state index contributed by atoms with van der Waals surface area (Å²) < 4.78 is 0. The highest BCUT2D eigenvalue weighted by Crippen LogP contribution is 2.18. The van der Waals surface area contributed by atoms with E-state index in [1.54, 1.807) is 13.8 Å². The highest BCUT2D eigenvalue weighted by molar-refractivity contribution is 7.13. The van der Waals surface area contributed by atoms with Crippen LogP contribution in [-0.2, 0) is 4.79 Å². The predicted octanol–water partition coefficient (Wildman–Crippen LogP) is 1.05. The zero-order valence-corrected chi connectivity index (χ0v) is 15.1. The number of carbonyl (C=O) groups is 3. The quantitative estimate of drug-likeness (QED) is 0.849. The van der Waals surface area contributed by atoms with E-state index in [0.29, 0.717) is 32.7 Å². The van der Waals surface area contributed by atoms with Gasteiger partial charge in [0.15, 0.2) is 0 Å². The summed E-state index contributed by atoms with van der Waals surface area (Å²) in [6, 6.07) is 2.92. The number of aryl methyl sites for hydroxylation is 1. The summed E-state index contributed by atoms with van der Waals surface area (Å²) >= 11 is 1.50. The van der Waals surface area contributed by atoms with Crippen molar-refractivity contribution in [3.63, 3.8) is 0 Å². The van der Waals surface area contributed by atoms with Crippen molar-refractivity contribution < 1.29 is 14.4 Å². The van der Waals surface area contributed by atoms with Gasteiger partial charge < -0.3 is 10.2 Å². The van der Waals surface area contributed by atoms with Crippen LogP contribution in [0, 0.1) is 6.92 Å². The van der Waals surface area contributed by atoms with Crippen LogP contribution in [-0.4, -0.2) is 66.4 Å². The molecule has 0 bridgehead atoms. The number of urea groups is 1. The van der Waals surface area contributed by atoms with Crippen LogP contribution < -0.4 is 10.6 Å². The molecule has 1 aromatic rings. The van der Waals surface area contributed by atoms with Gasteiger partial charge >= 0.3 is 6.03 Å². The molecule has 8 heteroatoms. The molecule has 1 saturated heterocycles. The van der Waals surface area contributed by atoms with Crippen molar-refractivity contribution in [3.8, 4) is 0 Å². The number of carbonyl (C=O) groups excluding carboxylic acids is 3. The Morgan fingerprint density at radius 1 is 1.21 bits per heavy atom. The first kappa shape index (κ1) is 18.4. The number of hydrogen-bond acceptors (Lipinski definition) is 5. The summed E-state index contributed by atoms with van der Waals surface area (Å²) in [5.74, 6) is -0.276. The van der Waals surface area contributed by atoms with Crippen LogP contribution in [0.3, 0.4) is 0 Å². The molecule has 4 amide bonds. The van der Waals surface area contributed by atoms with Crippen LogP contribution in [0.1, 0.15) is 28.4 Å². The Morgan fingerprint density at radius 2 is 1.88 bits per heavy atom. The second-order valence-electron chi connectivity index (χ2n) is 5.76. The van der Waals surface area contributed by atoms with Gasteiger partial charge in [0, 0.05) is 37.6 Å². The second-order valence-corrected chi connectivity index (χ2v) is 7.05. The van der Waals surface area contributed by atoms with E-state index >= 15 is 0 Å². The van der Waals surface area contributed by atoms with Gasteiger partial charge in [-0.1, -0.05) is 0 Å². The molecule has 0 unspecified atom stereocenters. The molecule has 0 aromatic carbocycles. The topological polar surface area (TPSA) is 81.8 Å². The molecule has 2 heterocycles. The van der Waals surface area contributed by atoms with E-state index < -0.39 is 12.1 Å². The first-order chi connectivity index (χ1) is 11.4. The maximum Gasteiger partial charge on any atom is 0.321 e. The van der Waals surface area contributed by atoms with Gasteiger partial charge in [-0.3, -0.25) is 19.8 Å². The number of nitrogens with one attached hydrogen (secondary N) is 2. The fourth-order valence-corrected chi connectivity index (χ4v) is 3.44. The third-order valence-corrected chi connectivity index (χ3v) is 5.04. The first-order valence-electron chi connectivity index (χ1n) is 8.10. The lowest BCUT2D eigenvalue weighted by Gasteiger charge is -2.37. The van der Waals surface area contributed by atoms with Gasteiger partial charge in [-0.05, 0) is 32.9 Å². The Morgan fingerprint density at radius 3 is 2.42 bits per heavy atom. The second kappa shape index (κ2) is 8.25. The zero-order chi connectivity index (χ0) is 17.7. The van der Waals surface area contributed by atoms with E-state index in [2.05, 4.69) is 10.6 Å². The number of thiophene rings is 1. The molecule has 0 spiro atoms. The van der Waals surface area contributed by atoms with Crippen molar-refractivity contribution in [1.29, 1.82) is 0 Å². The molecule has 1 aliphatic rings. The minimum Gasteiger partial charge on any atom is -0.338 e. The maximum absolute atomic E-state index is 12.4. The minimum atomic E-state index is -0.476. The lowest BCUT2D eigenvalue weighted by Crippen LogP contribution is -2.56. The summed E-state index contributed by atoms with van der Waals surface area (Å²) in [6.45, 7) is 8.39. The van der Waals surface area contributed by atoms with Gasteiger partial charge in [0.2, 0.25) is 5.91 Å². The van der Waals surface area contributed by atoms with Gasteiger partial charge in [0.25, 0.3) is 5.91 Å². The van der Waals surface area contributed by atoms with Gasteiger partial charge in [-0.2, -0.15) is 0 Å². The van der Waals surface area contributed by atoms with E-state index in [0.717, 1.165) is 9.75 Å². The highest BCUT2D eigenvalue weighted by Gasteiger charge is 2.28. The fraction of sp³-hybridized carbons (Fsp3) is 0.562. The van der Waals surface area contributed by atoms with Crippen molar-refractivity contribution in [3.05, 3.63) is 21.9 Å². The average Bonchev–Trinajstić information content (AvgIpc) is 3.00. The minimum absolute atomic E-state index is 0.0483. The number of piperazine rings is 1. The molecule has 0 saturated carbocycles. The van der Waals surface area contributed by atoms with Crippen molar-refractivity contribution in [2.75, 3.05) is 32.7 Å². The van der Waals surface area contributed by atoms with Crippen LogP contribution in [0.15, 0.2) is 12.1 Å². The van der Waals surface area contributed by atoms with Crippen molar-refractivity contribution >= 4 is 29.2 Å². The van der Waals surface area contributed by atoms with Crippen LogP contribution in [0.25, 0.3) is 0 Å². The van der Waals surface area contributed by atoms with Gasteiger partial charge in [0.05, 0.1) is 10.9 Å². The van der Waals surface area contributed by atoms with Gasteiger partial charge in [-0.25, -0.2) is 4.79 Å². The van der Waals surface area contributed by atoms with E-state index in [4.69, 9.17) is 0 Å². The molecule has 0 aliphatic carbocycles. The first-order valence-corrected chi connectivity index (χ1v) is 8.92. The Bertz CT molecular complexity index is 608. The summed E-state index contributed by atoms with van der Waals surface area (Å²) in [7, 11) is 0. The van der Waals surface area contributed by atoms with E-state index in [1.807, 2.05) is 28.9 Å². The smallest absolute Gasteiger partial charge is 0.321 e.